The molecule has 0 amide bonds. The monoisotopic (exact) mass is 159 g/mol. The van der Waals surface area contributed by atoms with E-state index in [9.17, 15) is 9.18 Å². The molecule has 0 aliphatic heterocycles. The van der Waals surface area contributed by atoms with Gasteiger partial charge < -0.3 is 0 Å². The van der Waals surface area contributed by atoms with Gasteiger partial charge in [-0.1, -0.05) is 11.6 Å². The zero-order valence-electron chi connectivity index (χ0n) is 5.90. The van der Waals surface area contributed by atoms with Crippen LogP contribution in [0, 0.1) is 5.82 Å². The number of benzene rings is 1. The van der Waals surface area contributed by atoms with E-state index in [0.29, 0.717) is 0 Å². The molecule has 1 aromatic carbocycles. The number of hydrogen-bond acceptors (Lipinski definition) is 1. The smallest absolute Gasteiger partial charge is 0.151 e. The third-order valence-electron chi connectivity index (χ3n) is 1.04. The summed E-state index contributed by atoms with van der Waals surface area (Å²) in [5.41, 5.74) is 0.0214. The Hall–Kier alpha value is -0.890. The Morgan fingerprint density at radius 3 is 2.90 bits per heavy atom. The maximum atomic E-state index is 12.4. The number of rotatable bonds is 1. The largest absolute Gasteiger partial charge is 0.298 e. The molecule has 1 aromatic rings. The van der Waals surface area contributed by atoms with E-state index in [1.165, 1.54) is 6.07 Å². The van der Waals surface area contributed by atoms with Crippen molar-refractivity contribution in [1.82, 2.24) is 0 Å². The lowest BCUT2D eigenvalue weighted by Gasteiger charge is -1.92. The first-order chi connectivity index (χ1) is 5.11. The summed E-state index contributed by atoms with van der Waals surface area (Å²) >= 11 is 5.44. The Labute approximate surface area is 63.8 Å². The Kier molecular flexibility index (Phi) is 1.64. The lowest BCUT2D eigenvalue weighted by molar-refractivity contribution is 0.112. The average Bonchev–Trinajstić information content (AvgIpc) is 1.85. The summed E-state index contributed by atoms with van der Waals surface area (Å²) in [6, 6.07) is 3.28. The van der Waals surface area contributed by atoms with Crippen LogP contribution in [0.25, 0.3) is 0 Å². The van der Waals surface area contributed by atoms with Crippen molar-refractivity contribution in [3.8, 4) is 0 Å². The normalized spacial score (nSPS) is 10.8. The fourth-order valence-corrected chi connectivity index (χ4v) is 0.778. The highest BCUT2D eigenvalue weighted by Crippen LogP contribution is 2.14. The molecule has 0 N–H and O–H groups in total. The van der Waals surface area contributed by atoms with Crippen molar-refractivity contribution in [3.63, 3.8) is 0 Å². The molecule has 0 saturated heterocycles. The molecule has 0 aliphatic rings. The SMILES string of the molecule is [2H]C(=O)c1ccc(F)cc1Cl. The van der Waals surface area contributed by atoms with Crippen LogP contribution in [0.4, 0.5) is 4.39 Å². The first-order valence-electron chi connectivity index (χ1n) is 3.07. The standard InChI is InChI=1S/C7H4ClFO/c8-7-3-6(9)2-1-5(7)4-10/h1-4H/i4D. The predicted octanol–water partition coefficient (Wildman–Crippen LogP) is 2.29. The molecule has 3 heteroatoms. The maximum absolute atomic E-state index is 12.4. The van der Waals surface area contributed by atoms with Crippen LogP contribution < -0.4 is 0 Å². The molecule has 0 atom stereocenters. The Bertz CT molecular complexity index is 300. The number of aldehydes is 1. The van der Waals surface area contributed by atoms with Gasteiger partial charge in [-0.3, -0.25) is 4.79 Å². The molecule has 0 heterocycles. The second-order valence-electron chi connectivity index (χ2n) is 1.73. The molecular weight excluding hydrogens is 155 g/mol. The zero-order chi connectivity index (χ0) is 8.43. The van der Waals surface area contributed by atoms with Gasteiger partial charge in [-0.25, -0.2) is 4.39 Å². The summed E-state index contributed by atoms with van der Waals surface area (Å²) in [6.07, 6.45) is -0.907. The Balaban J connectivity index is 3.20. The lowest BCUT2D eigenvalue weighted by Crippen LogP contribution is -1.82. The highest BCUT2D eigenvalue weighted by atomic mass is 35.5. The van der Waals surface area contributed by atoms with Gasteiger partial charge in [0.05, 0.1) is 5.02 Å². The molecule has 0 unspecified atom stereocenters. The molecule has 0 radical (unpaired) electrons. The molecule has 10 heavy (non-hydrogen) atoms. The van der Waals surface area contributed by atoms with Crippen molar-refractivity contribution in [1.29, 1.82) is 0 Å². The van der Waals surface area contributed by atoms with Crippen molar-refractivity contribution in [2.45, 2.75) is 0 Å². The number of hydrogen-bond donors (Lipinski definition) is 0. The molecule has 0 aliphatic carbocycles. The third kappa shape index (κ3) is 1.33. The van der Waals surface area contributed by atoms with Gasteiger partial charge in [-0.15, -0.1) is 0 Å². The van der Waals surface area contributed by atoms with Crippen LogP contribution in [-0.2, 0) is 0 Å². The Morgan fingerprint density at radius 2 is 2.40 bits per heavy atom. The van der Waals surface area contributed by atoms with Crippen LogP contribution in [-0.4, -0.2) is 6.26 Å². The van der Waals surface area contributed by atoms with Gasteiger partial charge in [0.15, 0.2) is 6.26 Å². The molecule has 0 saturated carbocycles. The van der Waals surface area contributed by atoms with E-state index in [4.69, 9.17) is 13.0 Å². The molecule has 0 spiro atoms. The van der Waals surface area contributed by atoms with Crippen LogP contribution in [0.2, 0.25) is 5.02 Å². The molecule has 0 bridgehead atoms. The summed E-state index contributed by atoms with van der Waals surface area (Å²) in [6.45, 7) is 0. The van der Waals surface area contributed by atoms with E-state index < -0.39 is 12.1 Å². The fraction of sp³-hybridized carbons (Fsp3) is 0. The zero-order valence-corrected chi connectivity index (χ0v) is 5.65. The summed E-state index contributed by atoms with van der Waals surface area (Å²) in [5.74, 6) is -0.514. The topological polar surface area (TPSA) is 17.1 Å². The van der Waals surface area contributed by atoms with Crippen molar-refractivity contribution in [3.05, 3.63) is 34.6 Å². The van der Waals surface area contributed by atoms with Gasteiger partial charge in [-0.2, -0.15) is 0 Å². The maximum Gasteiger partial charge on any atom is 0.151 e. The minimum absolute atomic E-state index is 0.0214. The van der Waals surface area contributed by atoms with E-state index in [1.807, 2.05) is 0 Å². The van der Waals surface area contributed by atoms with Gasteiger partial charge in [0.25, 0.3) is 0 Å². The lowest BCUT2D eigenvalue weighted by atomic mass is 10.2. The minimum Gasteiger partial charge on any atom is -0.298 e. The molecule has 0 aromatic heterocycles. The van der Waals surface area contributed by atoms with Crippen LogP contribution >= 0.6 is 11.6 Å². The predicted molar refractivity (Wildman–Crippen MR) is 36.8 cm³/mol. The highest BCUT2D eigenvalue weighted by Gasteiger charge is 1.98. The molecular formula is C7H4ClFO. The third-order valence-corrected chi connectivity index (χ3v) is 1.35. The number of halogens is 2. The summed E-state index contributed by atoms with van der Waals surface area (Å²) in [5, 5.41) is -0.0231. The van der Waals surface area contributed by atoms with Crippen LogP contribution in [0.15, 0.2) is 18.2 Å². The fourth-order valence-electron chi connectivity index (χ4n) is 0.572. The number of carbonyl (C=O) groups excluding carboxylic acids is 1. The second kappa shape index (κ2) is 2.80. The van der Waals surface area contributed by atoms with E-state index in [-0.39, 0.29) is 10.6 Å². The minimum atomic E-state index is -0.907. The second-order valence-corrected chi connectivity index (χ2v) is 2.13. The van der Waals surface area contributed by atoms with Crippen LogP contribution in [0.3, 0.4) is 0 Å². The van der Waals surface area contributed by atoms with Crippen molar-refractivity contribution in [2.75, 3.05) is 0 Å². The van der Waals surface area contributed by atoms with E-state index in [1.54, 1.807) is 0 Å². The average molecular weight is 160 g/mol. The van der Waals surface area contributed by atoms with Gasteiger partial charge in [0.2, 0.25) is 0 Å². The molecule has 1 rings (SSSR count). The van der Waals surface area contributed by atoms with Gasteiger partial charge >= 0.3 is 0 Å². The highest BCUT2D eigenvalue weighted by molar-refractivity contribution is 6.32. The molecule has 0 fully saturated rings. The summed E-state index contributed by atoms with van der Waals surface area (Å²) < 4.78 is 19.0. The van der Waals surface area contributed by atoms with Crippen LogP contribution in [0.1, 0.15) is 11.7 Å². The van der Waals surface area contributed by atoms with Crippen molar-refractivity contribution >= 4 is 17.9 Å². The van der Waals surface area contributed by atoms with E-state index >= 15 is 0 Å². The summed E-state index contributed by atoms with van der Waals surface area (Å²) in [7, 11) is 0. The van der Waals surface area contributed by atoms with Crippen molar-refractivity contribution in [2.24, 2.45) is 0 Å². The van der Waals surface area contributed by atoms with Gasteiger partial charge in [0.1, 0.15) is 7.19 Å². The van der Waals surface area contributed by atoms with E-state index in [0.717, 1.165) is 12.1 Å². The van der Waals surface area contributed by atoms with Crippen molar-refractivity contribution < 1.29 is 10.6 Å². The molecule has 52 valence electrons. The number of carbonyl (C=O) groups is 1. The van der Waals surface area contributed by atoms with Gasteiger partial charge in [-0.05, 0) is 18.2 Å². The Morgan fingerprint density at radius 1 is 1.70 bits per heavy atom. The first-order valence-corrected chi connectivity index (χ1v) is 2.95. The van der Waals surface area contributed by atoms with Gasteiger partial charge in [0, 0.05) is 5.56 Å². The summed E-state index contributed by atoms with van der Waals surface area (Å²) in [4.78, 5) is 10.4. The first kappa shape index (κ1) is 5.86. The molecule has 1 nitrogen and oxygen atoms in total. The van der Waals surface area contributed by atoms with E-state index in [2.05, 4.69) is 0 Å². The van der Waals surface area contributed by atoms with Crippen LogP contribution in [0.5, 0.6) is 0 Å². The quantitative estimate of drug-likeness (QED) is 0.575.